The summed E-state index contributed by atoms with van der Waals surface area (Å²) in [5.41, 5.74) is 1.63. The third-order valence-electron chi connectivity index (χ3n) is 7.07. The predicted molar refractivity (Wildman–Crippen MR) is 131 cm³/mol. The maximum absolute atomic E-state index is 13.0. The van der Waals surface area contributed by atoms with Gasteiger partial charge in [0.05, 0.1) is 17.4 Å². The molecule has 1 aromatic heterocycles. The molecule has 9 heteroatoms. The molecule has 2 aromatic rings. The van der Waals surface area contributed by atoms with Crippen molar-refractivity contribution in [1.29, 1.82) is 0 Å². The molecule has 0 spiro atoms. The van der Waals surface area contributed by atoms with Crippen LogP contribution in [0.3, 0.4) is 0 Å². The summed E-state index contributed by atoms with van der Waals surface area (Å²) < 4.78 is 45.4. The van der Waals surface area contributed by atoms with Crippen molar-refractivity contribution in [3.8, 4) is 0 Å². The molecule has 2 N–H and O–H groups in total. The number of anilines is 1. The van der Waals surface area contributed by atoms with Gasteiger partial charge in [-0.15, -0.1) is 0 Å². The van der Waals surface area contributed by atoms with Crippen LogP contribution in [-0.2, 0) is 10.6 Å². The van der Waals surface area contributed by atoms with Crippen LogP contribution in [0.1, 0.15) is 53.7 Å². The third-order valence-corrected chi connectivity index (χ3v) is 11.6. The van der Waals surface area contributed by atoms with Gasteiger partial charge in [-0.3, -0.25) is 9.78 Å². The van der Waals surface area contributed by atoms with Gasteiger partial charge >= 0.3 is 6.18 Å². The van der Waals surface area contributed by atoms with E-state index in [4.69, 9.17) is 4.43 Å². The molecular formula is C25H34F3N3O2Si. The van der Waals surface area contributed by atoms with E-state index in [-0.39, 0.29) is 22.6 Å². The van der Waals surface area contributed by atoms with Crippen molar-refractivity contribution in [2.45, 2.75) is 57.9 Å². The Morgan fingerprint density at radius 1 is 1.18 bits per heavy atom. The van der Waals surface area contributed by atoms with E-state index in [1.165, 1.54) is 6.20 Å². The highest BCUT2D eigenvalue weighted by Crippen LogP contribution is 2.38. The lowest BCUT2D eigenvalue weighted by Crippen LogP contribution is -2.42. The topological polar surface area (TPSA) is 63.2 Å². The zero-order chi connectivity index (χ0) is 25.3. The molecule has 1 aliphatic rings. The summed E-state index contributed by atoms with van der Waals surface area (Å²) in [6, 6.07) is 6.31. The highest BCUT2D eigenvalue weighted by Gasteiger charge is 2.39. The lowest BCUT2D eigenvalue weighted by molar-refractivity contribution is -0.137. The van der Waals surface area contributed by atoms with Gasteiger partial charge in [0.15, 0.2) is 8.32 Å². The Bertz CT molecular complexity index is 1030. The van der Waals surface area contributed by atoms with Gasteiger partial charge in [0.2, 0.25) is 0 Å². The highest BCUT2D eigenvalue weighted by molar-refractivity contribution is 6.74. The van der Waals surface area contributed by atoms with Crippen LogP contribution < -0.4 is 10.6 Å². The number of amides is 1. The number of nitrogens with zero attached hydrogens (tertiary/aromatic N) is 1. The molecule has 0 bridgehead atoms. The number of hydrogen-bond donors (Lipinski definition) is 2. The van der Waals surface area contributed by atoms with Crippen LogP contribution in [0, 0.1) is 12.8 Å². The van der Waals surface area contributed by atoms with Crippen LogP contribution in [0.4, 0.5) is 18.9 Å². The molecule has 0 radical (unpaired) electrons. The fraction of sp³-hybridized carbons (Fsp3) is 0.520. The van der Waals surface area contributed by atoms with Crippen LogP contribution in [0.5, 0.6) is 0 Å². The van der Waals surface area contributed by atoms with Gasteiger partial charge in [0.1, 0.15) is 0 Å². The summed E-state index contributed by atoms with van der Waals surface area (Å²) in [7, 11) is -1.88. The zero-order valence-electron chi connectivity index (χ0n) is 20.6. The first-order chi connectivity index (χ1) is 15.7. The van der Waals surface area contributed by atoms with E-state index in [2.05, 4.69) is 49.5 Å². The molecule has 3 rings (SSSR count). The van der Waals surface area contributed by atoms with Gasteiger partial charge in [0.25, 0.3) is 5.91 Å². The third kappa shape index (κ3) is 6.06. The summed E-state index contributed by atoms with van der Waals surface area (Å²) in [5.74, 6) is -0.00560. The highest BCUT2D eigenvalue weighted by atomic mass is 28.4. The zero-order valence-corrected chi connectivity index (χ0v) is 21.6. The number of alkyl halides is 3. The number of halogens is 3. The van der Waals surface area contributed by atoms with Gasteiger partial charge in [-0.1, -0.05) is 26.8 Å². The SMILES string of the molecule is Cc1ccc(C(=O)Nc2cncc(C(F)(F)F)c2)cc1[C@@H]1CNC[C@H]1CO[Si](C)(C)C(C)(C)C. The molecule has 34 heavy (non-hydrogen) atoms. The Labute approximate surface area is 200 Å². The minimum atomic E-state index is -4.53. The summed E-state index contributed by atoms with van der Waals surface area (Å²) in [6.07, 6.45) is -2.59. The molecule has 0 aliphatic carbocycles. The number of nitrogens with one attached hydrogen (secondary N) is 2. The van der Waals surface area contributed by atoms with Crippen LogP contribution in [-0.4, -0.2) is 38.9 Å². The Balaban J connectivity index is 1.77. The molecule has 5 nitrogen and oxygen atoms in total. The van der Waals surface area contributed by atoms with Crippen LogP contribution >= 0.6 is 0 Å². The molecule has 1 aromatic carbocycles. The largest absolute Gasteiger partial charge is 0.417 e. The summed E-state index contributed by atoms with van der Waals surface area (Å²) in [5, 5.41) is 6.12. The first-order valence-electron chi connectivity index (χ1n) is 11.5. The van der Waals surface area contributed by atoms with E-state index in [9.17, 15) is 18.0 Å². The maximum Gasteiger partial charge on any atom is 0.417 e. The number of hydrogen-bond acceptors (Lipinski definition) is 4. The molecule has 2 atom stereocenters. The summed E-state index contributed by atoms with van der Waals surface area (Å²) in [6.45, 7) is 15.4. The van der Waals surface area contributed by atoms with Crippen molar-refractivity contribution in [2.75, 3.05) is 25.0 Å². The van der Waals surface area contributed by atoms with Gasteiger partial charge in [-0.05, 0) is 54.4 Å². The molecular weight excluding hydrogens is 459 g/mol. The lowest BCUT2D eigenvalue weighted by Gasteiger charge is -2.37. The first kappa shape index (κ1) is 26.4. The Morgan fingerprint density at radius 2 is 1.88 bits per heavy atom. The van der Waals surface area contributed by atoms with Crippen LogP contribution in [0.25, 0.3) is 0 Å². The van der Waals surface area contributed by atoms with Crippen molar-refractivity contribution in [2.24, 2.45) is 5.92 Å². The average Bonchev–Trinajstić information content (AvgIpc) is 3.20. The van der Waals surface area contributed by atoms with Crippen molar-refractivity contribution in [3.05, 3.63) is 58.9 Å². The van der Waals surface area contributed by atoms with E-state index in [0.29, 0.717) is 12.2 Å². The molecule has 186 valence electrons. The molecule has 0 unspecified atom stereocenters. The number of rotatable bonds is 6. The van der Waals surface area contributed by atoms with Crippen molar-refractivity contribution < 1.29 is 22.4 Å². The molecule has 2 heterocycles. The van der Waals surface area contributed by atoms with Crippen LogP contribution in [0.15, 0.2) is 36.7 Å². The monoisotopic (exact) mass is 493 g/mol. The summed E-state index contributed by atoms with van der Waals surface area (Å²) >= 11 is 0. The van der Waals surface area contributed by atoms with Gasteiger partial charge < -0.3 is 15.1 Å². The number of aryl methyl sites for hydroxylation is 1. The quantitative estimate of drug-likeness (QED) is 0.486. The average molecular weight is 494 g/mol. The second-order valence-corrected chi connectivity index (χ2v) is 15.4. The fourth-order valence-corrected chi connectivity index (χ4v) is 4.92. The molecule has 1 aliphatic heterocycles. The number of carbonyl (C=O) groups excluding carboxylic acids is 1. The Kier molecular flexibility index (Phi) is 7.59. The number of benzene rings is 1. The molecule has 1 fully saturated rings. The normalized spacial score (nSPS) is 19.3. The first-order valence-corrected chi connectivity index (χ1v) is 14.4. The van der Waals surface area contributed by atoms with E-state index in [0.717, 1.165) is 36.5 Å². The van der Waals surface area contributed by atoms with E-state index >= 15 is 0 Å². The van der Waals surface area contributed by atoms with Crippen LogP contribution in [0.2, 0.25) is 18.1 Å². The number of aromatic nitrogens is 1. The van der Waals surface area contributed by atoms with Gasteiger partial charge in [-0.2, -0.15) is 13.2 Å². The fourth-order valence-electron chi connectivity index (χ4n) is 3.85. The minimum absolute atomic E-state index is 0.00475. The van der Waals surface area contributed by atoms with E-state index in [1.807, 2.05) is 19.1 Å². The molecule has 1 amide bonds. The maximum atomic E-state index is 13.0. The lowest BCUT2D eigenvalue weighted by atomic mass is 9.86. The van der Waals surface area contributed by atoms with Crippen molar-refractivity contribution in [3.63, 3.8) is 0 Å². The van der Waals surface area contributed by atoms with Gasteiger partial charge in [-0.25, -0.2) is 0 Å². The smallest absolute Gasteiger partial charge is 0.416 e. The predicted octanol–water partition coefficient (Wildman–Crippen LogP) is 5.99. The Hall–Kier alpha value is -2.23. The molecule has 0 saturated carbocycles. The summed E-state index contributed by atoms with van der Waals surface area (Å²) in [4.78, 5) is 16.5. The van der Waals surface area contributed by atoms with Crippen molar-refractivity contribution >= 4 is 19.9 Å². The number of carbonyl (C=O) groups is 1. The molecule has 1 saturated heterocycles. The minimum Gasteiger partial charge on any atom is -0.416 e. The van der Waals surface area contributed by atoms with E-state index in [1.54, 1.807) is 6.07 Å². The Morgan fingerprint density at radius 3 is 2.53 bits per heavy atom. The second-order valence-electron chi connectivity index (χ2n) is 10.6. The van der Waals surface area contributed by atoms with Crippen molar-refractivity contribution in [1.82, 2.24) is 10.3 Å². The standard InChI is InChI=1S/C25H34F3N3O2Si/c1-16-7-8-17(23(32)31-20-10-19(12-30-13-20)25(26,27)28)9-21(16)22-14-29-11-18(22)15-33-34(5,6)24(2,3)4/h7-10,12-13,18,22,29H,11,14-15H2,1-6H3,(H,31,32)/t18-,22+/m0/s1. The van der Waals surface area contributed by atoms with E-state index < -0.39 is 26.0 Å². The van der Waals surface area contributed by atoms with Gasteiger partial charge in [0, 0.05) is 43.3 Å². The second kappa shape index (κ2) is 9.79. The number of pyridine rings is 1.